The number of piperidine rings is 1. The van der Waals surface area contributed by atoms with Gasteiger partial charge in [0.1, 0.15) is 0 Å². The molecule has 0 aliphatic carbocycles. The van der Waals surface area contributed by atoms with Gasteiger partial charge in [-0.15, -0.1) is 24.8 Å². The summed E-state index contributed by atoms with van der Waals surface area (Å²) in [5, 5.41) is 3.53. The number of benzene rings is 1. The minimum absolute atomic E-state index is 0. The molecule has 2 aliphatic rings. The number of esters is 1. The number of fused-ring (bicyclic) bond motifs is 1. The fourth-order valence-electron chi connectivity index (χ4n) is 3.37. The molecule has 124 valence electrons. The molecule has 0 aromatic heterocycles. The van der Waals surface area contributed by atoms with E-state index in [0.29, 0.717) is 6.04 Å². The molecule has 0 saturated carbocycles. The van der Waals surface area contributed by atoms with Crippen molar-refractivity contribution in [2.45, 2.75) is 32.0 Å². The maximum atomic E-state index is 11.7. The summed E-state index contributed by atoms with van der Waals surface area (Å²) in [6.07, 6.45) is 1.78. The predicted octanol–water partition coefficient (Wildman–Crippen LogP) is 2.39. The van der Waals surface area contributed by atoms with Crippen LogP contribution >= 0.6 is 24.8 Å². The summed E-state index contributed by atoms with van der Waals surface area (Å²) in [5.41, 5.74) is 2.88. The Kier molecular flexibility index (Phi) is 7.63. The van der Waals surface area contributed by atoms with E-state index in [1.165, 1.54) is 18.2 Å². The van der Waals surface area contributed by atoms with Crippen molar-refractivity contribution in [3.8, 4) is 0 Å². The summed E-state index contributed by atoms with van der Waals surface area (Å²) in [6.45, 7) is 3.96. The number of hydrogen-bond donors (Lipinski definition) is 1. The van der Waals surface area contributed by atoms with E-state index in [4.69, 9.17) is 4.74 Å². The molecule has 1 aromatic carbocycles. The molecule has 2 atom stereocenters. The number of nitrogens with one attached hydrogen (secondary N) is 1. The van der Waals surface area contributed by atoms with Crippen LogP contribution < -0.4 is 5.32 Å². The molecule has 3 rings (SSSR count). The standard InChI is InChI=1S/C16H22N2O2.2ClH/c1-20-16(19)12-6-7-17-15(8-12)11-18-9-13-4-2-3-5-14(13)10-18;;/h2-5,12,15,17H,6-11H2,1H3;2*1H. The second-order valence-electron chi connectivity index (χ2n) is 5.83. The maximum absolute atomic E-state index is 11.7. The first-order chi connectivity index (χ1) is 9.76. The van der Waals surface area contributed by atoms with Crippen LogP contribution in [0.5, 0.6) is 0 Å². The van der Waals surface area contributed by atoms with E-state index < -0.39 is 0 Å². The highest BCUT2D eigenvalue weighted by atomic mass is 35.5. The zero-order chi connectivity index (χ0) is 13.9. The number of carbonyl (C=O) groups excluding carboxylic acids is 1. The maximum Gasteiger partial charge on any atom is 0.308 e. The molecule has 1 N–H and O–H groups in total. The highest BCUT2D eigenvalue weighted by Gasteiger charge is 2.29. The molecule has 0 spiro atoms. The zero-order valence-electron chi connectivity index (χ0n) is 12.8. The van der Waals surface area contributed by atoms with Gasteiger partial charge in [0, 0.05) is 25.7 Å². The summed E-state index contributed by atoms with van der Waals surface area (Å²) in [4.78, 5) is 14.1. The van der Waals surface area contributed by atoms with Crippen molar-refractivity contribution >= 4 is 30.8 Å². The van der Waals surface area contributed by atoms with Crippen molar-refractivity contribution in [3.05, 3.63) is 35.4 Å². The predicted molar refractivity (Wildman–Crippen MR) is 91.6 cm³/mol. The Balaban J connectivity index is 0.00000121. The number of halogens is 2. The largest absolute Gasteiger partial charge is 0.469 e. The molecular weight excluding hydrogens is 323 g/mol. The number of nitrogens with zero attached hydrogens (tertiary/aromatic N) is 1. The van der Waals surface area contributed by atoms with Gasteiger partial charge in [-0.05, 0) is 30.5 Å². The smallest absolute Gasteiger partial charge is 0.308 e. The third-order valence-electron chi connectivity index (χ3n) is 4.41. The summed E-state index contributed by atoms with van der Waals surface area (Å²) >= 11 is 0. The van der Waals surface area contributed by atoms with Crippen molar-refractivity contribution in [1.82, 2.24) is 10.2 Å². The van der Waals surface area contributed by atoms with Crippen LogP contribution in [-0.4, -0.2) is 37.1 Å². The fraction of sp³-hybridized carbons (Fsp3) is 0.562. The average molecular weight is 347 g/mol. The van der Waals surface area contributed by atoms with Crippen LogP contribution in [0.1, 0.15) is 24.0 Å². The van der Waals surface area contributed by atoms with Crippen molar-refractivity contribution < 1.29 is 9.53 Å². The SMILES string of the molecule is COC(=O)C1CCNC(CN2Cc3ccccc3C2)C1.Cl.Cl. The van der Waals surface area contributed by atoms with Gasteiger partial charge in [0.2, 0.25) is 0 Å². The first kappa shape index (κ1) is 19.2. The lowest BCUT2D eigenvalue weighted by molar-refractivity contribution is -0.146. The average Bonchev–Trinajstić information content (AvgIpc) is 2.88. The van der Waals surface area contributed by atoms with E-state index in [-0.39, 0.29) is 36.7 Å². The van der Waals surface area contributed by atoms with Crippen LogP contribution in [-0.2, 0) is 22.6 Å². The van der Waals surface area contributed by atoms with Crippen molar-refractivity contribution in [2.24, 2.45) is 5.92 Å². The Morgan fingerprint density at radius 1 is 1.27 bits per heavy atom. The van der Waals surface area contributed by atoms with E-state index in [9.17, 15) is 4.79 Å². The highest BCUT2D eigenvalue weighted by Crippen LogP contribution is 2.24. The van der Waals surface area contributed by atoms with Crippen LogP contribution in [0.4, 0.5) is 0 Å². The van der Waals surface area contributed by atoms with E-state index in [1.807, 2.05) is 0 Å². The molecule has 2 unspecified atom stereocenters. The minimum atomic E-state index is -0.0544. The van der Waals surface area contributed by atoms with Gasteiger partial charge in [0.05, 0.1) is 13.0 Å². The van der Waals surface area contributed by atoms with Crippen LogP contribution in [0, 0.1) is 5.92 Å². The minimum Gasteiger partial charge on any atom is -0.469 e. The van der Waals surface area contributed by atoms with E-state index >= 15 is 0 Å². The molecule has 0 amide bonds. The van der Waals surface area contributed by atoms with Crippen LogP contribution in [0.25, 0.3) is 0 Å². The molecule has 22 heavy (non-hydrogen) atoms. The number of carbonyl (C=O) groups is 1. The molecule has 0 bridgehead atoms. The summed E-state index contributed by atoms with van der Waals surface area (Å²) in [5.74, 6) is 0.0115. The molecule has 2 aliphatic heterocycles. The van der Waals surface area contributed by atoms with Gasteiger partial charge in [0.15, 0.2) is 0 Å². The Labute approximate surface area is 144 Å². The lowest BCUT2D eigenvalue weighted by atomic mass is 9.92. The molecular formula is C16H24Cl2N2O2. The molecule has 1 fully saturated rings. The highest BCUT2D eigenvalue weighted by molar-refractivity contribution is 5.85. The first-order valence-electron chi connectivity index (χ1n) is 7.36. The van der Waals surface area contributed by atoms with Crippen LogP contribution in [0.15, 0.2) is 24.3 Å². The Bertz CT molecular complexity index is 474. The van der Waals surface area contributed by atoms with Crippen molar-refractivity contribution in [1.29, 1.82) is 0 Å². The van der Waals surface area contributed by atoms with E-state index in [0.717, 1.165) is 39.0 Å². The van der Waals surface area contributed by atoms with Crippen molar-refractivity contribution in [3.63, 3.8) is 0 Å². The molecule has 1 aromatic rings. The molecule has 0 radical (unpaired) electrons. The lowest BCUT2D eigenvalue weighted by Gasteiger charge is -2.31. The van der Waals surface area contributed by atoms with Crippen LogP contribution in [0.2, 0.25) is 0 Å². The van der Waals surface area contributed by atoms with Gasteiger partial charge in [-0.2, -0.15) is 0 Å². The quantitative estimate of drug-likeness (QED) is 0.853. The lowest BCUT2D eigenvalue weighted by Crippen LogP contribution is -2.46. The zero-order valence-corrected chi connectivity index (χ0v) is 14.4. The topological polar surface area (TPSA) is 41.6 Å². The number of ether oxygens (including phenoxy) is 1. The van der Waals surface area contributed by atoms with Gasteiger partial charge in [-0.3, -0.25) is 9.69 Å². The second-order valence-corrected chi connectivity index (χ2v) is 5.83. The summed E-state index contributed by atoms with van der Waals surface area (Å²) in [6, 6.07) is 9.02. The van der Waals surface area contributed by atoms with Crippen molar-refractivity contribution in [2.75, 3.05) is 20.2 Å². The van der Waals surface area contributed by atoms with Gasteiger partial charge in [-0.25, -0.2) is 0 Å². The van der Waals surface area contributed by atoms with Gasteiger partial charge < -0.3 is 10.1 Å². The number of rotatable bonds is 3. The Morgan fingerprint density at radius 3 is 2.50 bits per heavy atom. The molecule has 6 heteroatoms. The van der Waals surface area contributed by atoms with Gasteiger partial charge in [-0.1, -0.05) is 24.3 Å². The number of methoxy groups -OCH3 is 1. The Morgan fingerprint density at radius 2 is 1.91 bits per heavy atom. The van der Waals surface area contributed by atoms with E-state index in [2.05, 4.69) is 34.5 Å². The third kappa shape index (κ3) is 4.35. The first-order valence-corrected chi connectivity index (χ1v) is 7.36. The van der Waals surface area contributed by atoms with Gasteiger partial charge in [0.25, 0.3) is 0 Å². The fourth-order valence-corrected chi connectivity index (χ4v) is 3.37. The third-order valence-corrected chi connectivity index (χ3v) is 4.41. The second kappa shape index (κ2) is 8.73. The molecule has 1 saturated heterocycles. The van der Waals surface area contributed by atoms with E-state index in [1.54, 1.807) is 0 Å². The van der Waals surface area contributed by atoms with Crippen LogP contribution in [0.3, 0.4) is 0 Å². The normalized spacial score (nSPS) is 23.9. The monoisotopic (exact) mass is 346 g/mol. The summed E-state index contributed by atoms with van der Waals surface area (Å²) < 4.78 is 4.88. The molecule has 2 heterocycles. The Hall–Kier alpha value is -0.810. The molecule has 4 nitrogen and oxygen atoms in total. The number of hydrogen-bond acceptors (Lipinski definition) is 4. The summed E-state index contributed by atoms with van der Waals surface area (Å²) in [7, 11) is 1.48. The van der Waals surface area contributed by atoms with Gasteiger partial charge >= 0.3 is 5.97 Å².